The highest BCUT2D eigenvalue weighted by Gasteiger charge is 2.18. The summed E-state index contributed by atoms with van der Waals surface area (Å²) in [5, 5.41) is 18.4. The van der Waals surface area contributed by atoms with Gasteiger partial charge in [-0.15, -0.1) is 0 Å². The molecule has 0 radical (unpaired) electrons. The Balaban J connectivity index is 1.65. The molecule has 3 aromatic rings. The van der Waals surface area contributed by atoms with E-state index in [-0.39, 0.29) is 23.4 Å². The molecule has 1 fully saturated rings. The van der Waals surface area contributed by atoms with Crippen molar-refractivity contribution in [2.45, 2.75) is 19.8 Å². The van der Waals surface area contributed by atoms with Gasteiger partial charge in [0.25, 0.3) is 5.91 Å². The van der Waals surface area contributed by atoms with Crippen LogP contribution in [-0.2, 0) is 4.74 Å². The van der Waals surface area contributed by atoms with Gasteiger partial charge in [-0.05, 0) is 41.8 Å². The smallest absolute Gasteiger partial charge is 0.271 e. The number of phenols is 1. The summed E-state index contributed by atoms with van der Waals surface area (Å²) >= 11 is 0. The molecule has 9 heteroatoms. The van der Waals surface area contributed by atoms with E-state index in [0.717, 1.165) is 24.5 Å². The van der Waals surface area contributed by atoms with Gasteiger partial charge in [0.1, 0.15) is 17.3 Å². The third kappa shape index (κ3) is 5.92. The first kappa shape index (κ1) is 25.0. The lowest BCUT2D eigenvalue weighted by molar-refractivity contribution is 0.0955. The topological polar surface area (TPSA) is 108 Å². The zero-order valence-corrected chi connectivity index (χ0v) is 20.7. The molecule has 0 spiro atoms. The van der Waals surface area contributed by atoms with Crippen LogP contribution in [-0.4, -0.2) is 55.2 Å². The molecule has 0 unspecified atom stereocenters. The van der Waals surface area contributed by atoms with E-state index in [1.54, 1.807) is 43.6 Å². The molecule has 0 saturated carbocycles. The number of nitrogens with one attached hydrogen (secondary N) is 2. The van der Waals surface area contributed by atoms with Crippen molar-refractivity contribution in [1.29, 1.82) is 0 Å². The lowest BCUT2D eigenvalue weighted by atomic mass is 9.98. The zero-order valence-electron chi connectivity index (χ0n) is 20.7. The van der Waals surface area contributed by atoms with Crippen molar-refractivity contribution >= 4 is 23.2 Å². The number of pyridine rings is 1. The second-order valence-corrected chi connectivity index (χ2v) is 8.66. The number of amidine groups is 1. The molecule has 0 atom stereocenters. The van der Waals surface area contributed by atoms with Crippen molar-refractivity contribution in [1.82, 2.24) is 10.4 Å². The number of carbonyl (C=O) groups is 1. The van der Waals surface area contributed by atoms with Gasteiger partial charge in [-0.2, -0.15) is 5.10 Å². The number of phenolic OH excluding ortho intramolecular Hbond substituents is 1. The summed E-state index contributed by atoms with van der Waals surface area (Å²) < 4.78 is 10.9. The number of hydrazone groups is 1. The molecule has 1 aliphatic rings. The van der Waals surface area contributed by atoms with Crippen LogP contribution in [0.3, 0.4) is 0 Å². The van der Waals surface area contributed by atoms with Gasteiger partial charge in [0.05, 0.1) is 37.8 Å². The number of rotatable bonds is 7. The predicted molar refractivity (Wildman–Crippen MR) is 140 cm³/mol. The standard InChI is InChI=1S/C27H31N5O4/c1-18(2)21-15-22(23(33)16-24(21)35-3)26(30-31-27(34)19-7-5-4-6-8-19)29-20-9-10-25(28-17-20)32-11-13-36-14-12-32/h4-10,15-18,33H,11-14H2,1-3H3,(H,29,30)(H,31,34). The van der Waals surface area contributed by atoms with Gasteiger partial charge in [0.2, 0.25) is 0 Å². The number of nitrogens with zero attached hydrogens (tertiary/aromatic N) is 3. The van der Waals surface area contributed by atoms with E-state index >= 15 is 0 Å². The Hall–Kier alpha value is -4.11. The summed E-state index contributed by atoms with van der Waals surface area (Å²) in [6, 6.07) is 16.0. The largest absolute Gasteiger partial charge is 0.507 e. The number of hydrogen-bond donors (Lipinski definition) is 3. The van der Waals surface area contributed by atoms with E-state index in [2.05, 4.69) is 25.7 Å². The third-order valence-corrected chi connectivity index (χ3v) is 5.88. The molecule has 1 aliphatic heterocycles. The number of ether oxygens (including phenoxy) is 2. The highest BCUT2D eigenvalue weighted by Crippen LogP contribution is 2.33. The number of carbonyl (C=O) groups excluding carboxylic acids is 1. The van der Waals surface area contributed by atoms with Crippen molar-refractivity contribution in [3.8, 4) is 11.5 Å². The molecule has 0 bridgehead atoms. The molecular formula is C27H31N5O4. The van der Waals surface area contributed by atoms with Gasteiger partial charge >= 0.3 is 0 Å². The molecule has 3 N–H and O–H groups in total. The maximum absolute atomic E-state index is 12.7. The first-order valence-electron chi connectivity index (χ1n) is 11.9. The summed E-state index contributed by atoms with van der Waals surface area (Å²) in [5.41, 5.74) is 5.03. The van der Waals surface area contributed by atoms with Crippen LogP contribution in [0.25, 0.3) is 0 Å². The van der Waals surface area contributed by atoms with Crippen LogP contribution in [0, 0.1) is 0 Å². The van der Waals surface area contributed by atoms with E-state index in [1.165, 1.54) is 0 Å². The van der Waals surface area contributed by atoms with Gasteiger partial charge in [-0.3, -0.25) is 4.79 Å². The molecule has 1 saturated heterocycles. The number of hydrogen-bond acceptors (Lipinski definition) is 7. The monoisotopic (exact) mass is 489 g/mol. The predicted octanol–water partition coefficient (Wildman–Crippen LogP) is 3.96. The third-order valence-electron chi connectivity index (χ3n) is 5.88. The number of aromatic nitrogens is 1. The quantitative estimate of drug-likeness (QED) is 0.262. The van der Waals surface area contributed by atoms with Crippen molar-refractivity contribution < 1.29 is 19.4 Å². The fourth-order valence-electron chi connectivity index (χ4n) is 3.90. The average Bonchev–Trinajstić information content (AvgIpc) is 2.92. The highest BCUT2D eigenvalue weighted by molar-refractivity contribution is 6.10. The summed E-state index contributed by atoms with van der Waals surface area (Å²) in [6.07, 6.45) is 1.70. The van der Waals surface area contributed by atoms with Crippen LogP contribution in [0.15, 0.2) is 65.9 Å². The van der Waals surface area contributed by atoms with Gasteiger partial charge < -0.3 is 24.8 Å². The van der Waals surface area contributed by atoms with E-state index < -0.39 is 0 Å². The lowest BCUT2D eigenvalue weighted by Gasteiger charge is -2.27. The van der Waals surface area contributed by atoms with Gasteiger partial charge in [0, 0.05) is 24.7 Å². The SMILES string of the molecule is COc1cc(O)c(/C(=N/NC(=O)c2ccccc2)Nc2ccc(N3CCOCC3)nc2)cc1C(C)C. The number of anilines is 2. The molecule has 188 valence electrons. The summed E-state index contributed by atoms with van der Waals surface area (Å²) in [7, 11) is 1.56. The first-order chi connectivity index (χ1) is 17.5. The lowest BCUT2D eigenvalue weighted by Crippen LogP contribution is -2.36. The van der Waals surface area contributed by atoms with Crippen molar-refractivity contribution in [2.24, 2.45) is 5.10 Å². The average molecular weight is 490 g/mol. The van der Waals surface area contributed by atoms with Crippen LogP contribution >= 0.6 is 0 Å². The Morgan fingerprint density at radius 1 is 1.14 bits per heavy atom. The molecule has 0 aliphatic carbocycles. The maximum atomic E-state index is 12.7. The maximum Gasteiger partial charge on any atom is 0.271 e. The number of aromatic hydroxyl groups is 1. The first-order valence-corrected chi connectivity index (χ1v) is 11.9. The minimum Gasteiger partial charge on any atom is -0.507 e. The van der Waals surface area contributed by atoms with Crippen molar-refractivity contribution in [2.75, 3.05) is 43.6 Å². The Morgan fingerprint density at radius 3 is 2.53 bits per heavy atom. The fraction of sp³-hybridized carbons (Fsp3) is 0.296. The molecule has 1 amide bonds. The van der Waals surface area contributed by atoms with Crippen molar-refractivity contribution in [3.63, 3.8) is 0 Å². The number of amides is 1. The number of morpholine rings is 1. The minimum absolute atomic E-state index is 0.0330. The molecule has 9 nitrogen and oxygen atoms in total. The summed E-state index contributed by atoms with van der Waals surface area (Å²) in [4.78, 5) is 19.4. The zero-order chi connectivity index (χ0) is 25.5. The fourth-order valence-corrected chi connectivity index (χ4v) is 3.90. The van der Waals surface area contributed by atoms with Crippen LogP contribution in [0.4, 0.5) is 11.5 Å². The summed E-state index contributed by atoms with van der Waals surface area (Å²) in [6.45, 7) is 7.00. The summed E-state index contributed by atoms with van der Waals surface area (Å²) in [5.74, 6) is 1.43. The Bertz CT molecular complexity index is 1210. The van der Waals surface area contributed by atoms with Gasteiger partial charge in [-0.1, -0.05) is 32.0 Å². The molecular weight excluding hydrogens is 458 g/mol. The molecule has 36 heavy (non-hydrogen) atoms. The minimum atomic E-state index is -0.368. The molecule has 2 aromatic carbocycles. The number of benzene rings is 2. The van der Waals surface area contributed by atoms with E-state index in [9.17, 15) is 9.90 Å². The normalized spacial score (nSPS) is 14.0. The van der Waals surface area contributed by atoms with Crippen LogP contribution in [0.2, 0.25) is 0 Å². The van der Waals surface area contributed by atoms with Crippen molar-refractivity contribution in [3.05, 3.63) is 77.5 Å². The van der Waals surface area contributed by atoms with Crippen LogP contribution in [0.5, 0.6) is 11.5 Å². The molecule has 2 heterocycles. The Morgan fingerprint density at radius 2 is 1.89 bits per heavy atom. The van der Waals surface area contributed by atoms with Gasteiger partial charge in [-0.25, -0.2) is 10.4 Å². The second-order valence-electron chi connectivity index (χ2n) is 8.66. The van der Waals surface area contributed by atoms with Crippen LogP contribution in [0.1, 0.15) is 41.3 Å². The van der Waals surface area contributed by atoms with E-state index in [1.807, 2.05) is 38.1 Å². The molecule has 1 aromatic heterocycles. The number of methoxy groups -OCH3 is 1. The van der Waals surface area contributed by atoms with E-state index in [4.69, 9.17) is 9.47 Å². The second kappa shape index (κ2) is 11.5. The Labute approximate surface area is 210 Å². The Kier molecular flexibility index (Phi) is 8.02. The molecule has 4 rings (SSSR count). The van der Waals surface area contributed by atoms with Gasteiger partial charge in [0.15, 0.2) is 5.84 Å². The van der Waals surface area contributed by atoms with Crippen LogP contribution < -0.4 is 20.4 Å². The van der Waals surface area contributed by atoms with E-state index in [0.29, 0.717) is 35.8 Å². The highest BCUT2D eigenvalue weighted by atomic mass is 16.5.